The SMILES string of the molecule is CC(=O)NC1CCC(C2CCCCC2)(C2(C3(C4(C5(C6CCC(C)(O)CC6)CCC(CO)CC5)CCC(O)CC4)CCCCC3O)CCC(NS(C)(=O)=O)CC2)CC1. The second-order valence-corrected chi connectivity index (χ2v) is 23.6. The van der Waals surface area contributed by atoms with Gasteiger partial charge in [-0.2, -0.15) is 0 Å². The monoisotopic (exact) mass is 819 g/mol. The van der Waals surface area contributed by atoms with E-state index < -0.39 is 27.1 Å². The lowest BCUT2D eigenvalue weighted by Gasteiger charge is -2.78. The van der Waals surface area contributed by atoms with E-state index in [1.807, 2.05) is 6.92 Å². The summed E-state index contributed by atoms with van der Waals surface area (Å²) >= 11 is 0. The summed E-state index contributed by atoms with van der Waals surface area (Å²) in [5.74, 6) is 1.25. The van der Waals surface area contributed by atoms with E-state index in [1.165, 1.54) is 38.4 Å². The van der Waals surface area contributed by atoms with Crippen LogP contribution in [-0.2, 0) is 14.8 Å². The molecule has 0 aromatic heterocycles. The summed E-state index contributed by atoms with van der Waals surface area (Å²) in [6.07, 6.45) is 28.7. The number of aliphatic hydroxyl groups is 4. The van der Waals surface area contributed by atoms with Crippen molar-refractivity contribution in [3.05, 3.63) is 0 Å². The van der Waals surface area contributed by atoms with Gasteiger partial charge in [-0.15, -0.1) is 0 Å². The van der Waals surface area contributed by atoms with Crippen LogP contribution in [0.2, 0.25) is 0 Å². The Morgan fingerprint density at radius 2 is 1.11 bits per heavy atom. The van der Waals surface area contributed by atoms with Crippen molar-refractivity contribution in [2.75, 3.05) is 12.9 Å². The third-order valence-electron chi connectivity index (χ3n) is 19.3. The molecule has 2 unspecified atom stereocenters. The molecule has 0 aromatic rings. The van der Waals surface area contributed by atoms with E-state index >= 15 is 0 Å². The molecular formula is C47H82N2O7S. The Hall–Kier alpha value is -0.780. The quantitative estimate of drug-likeness (QED) is 0.130. The number of amides is 1. The Labute approximate surface area is 346 Å². The first-order valence-electron chi connectivity index (χ1n) is 24.0. The Bertz CT molecular complexity index is 1450. The smallest absolute Gasteiger partial charge is 0.217 e. The molecule has 7 saturated carbocycles. The van der Waals surface area contributed by atoms with Crippen LogP contribution < -0.4 is 10.0 Å². The molecule has 0 heterocycles. The zero-order chi connectivity index (χ0) is 40.7. The number of rotatable bonds is 10. The number of hydrogen-bond donors (Lipinski definition) is 6. The third-order valence-corrected chi connectivity index (χ3v) is 20.0. The van der Waals surface area contributed by atoms with Gasteiger partial charge in [-0.05, 0) is 200 Å². The number of carbonyl (C=O) groups is 1. The molecule has 10 heteroatoms. The molecule has 0 aliphatic heterocycles. The maximum Gasteiger partial charge on any atom is 0.217 e. The van der Waals surface area contributed by atoms with Crippen molar-refractivity contribution in [2.24, 2.45) is 44.8 Å². The maximum atomic E-state index is 13.7. The van der Waals surface area contributed by atoms with Gasteiger partial charge in [0.05, 0.1) is 24.1 Å². The fourth-order valence-corrected chi connectivity index (χ4v) is 17.9. The lowest BCUT2D eigenvalue weighted by molar-refractivity contribution is -0.317. The molecule has 9 nitrogen and oxygen atoms in total. The van der Waals surface area contributed by atoms with Crippen LogP contribution in [0.3, 0.4) is 0 Å². The molecule has 0 radical (unpaired) electrons. The molecular weight excluding hydrogens is 737 g/mol. The number of sulfonamides is 1. The first-order valence-corrected chi connectivity index (χ1v) is 25.9. The van der Waals surface area contributed by atoms with Gasteiger partial charge in [-0.1, -0.05) is 32.1 Å². The Morgan fingerprint density at radius 3 is 1.61 bits per heavy atom. The van der Waals surface area contributed by atoms with Crippen LogP contribution in [0.5, 0.6) is 0 Å². The average molecular weight is 819 g/mol. The van der Waals surface area contributed by atoms with Crippen LogP contribution in [0.25, 0.3) is 0 Å². The van der Waals surface area contributed by atoms with Gasteiger partial charge in [0.1, 0.15) is 0 Å². The van der Waals surface area contributed by atoms with Crippen LogP contribution in [0, 0.1) is 44.8 Å². The van der Waals surface area contributed by atoms with E-state index in [-0.39, 0.29) is 58.3 Å². The minimum Gasteiger partial charge on any atom is -0.396 e. The van der Waals surface area contributed by atoms with Gasteiger partial charge in [0.25, 0.3) is 0 Å². The number of carbonyl (C=O) groups excluding carboxylic acids is 1. The molecule has 7 aliphatic carbocycles. The summed E-state index contributed by atoms with van der Waals surface area (Å²) in [5, 5.41) is 50.5. The van der Waals surface area contributed by atoms with Crippen LogP contribution in [0.1, 0.15) is 200 Å². The van der Waals surface area contributed by atoms with Gasteiger partial charge in [0.2, 0.25) is 15.9 Å². The summed E-state index contributed by atoms with van der Waals surface area (Å²) in [5.41, 5.74) is -1.74. The van der Waals surface area contributed by atoms with Crippen molar-refractivity contribution in [2.45, 2.75) is 230 Å². The van der Waals surface area contributed by atoms with Crippen LogP contribution >= 0.6 is 0 Å². The molecule has 0 bridgehead atoms. The zero-order valence-electron chi connectivity index (χ0n) is 36.2. The fraction of sp³-hybridized carbons (Fsp3) is 0.979. The molecule has 7 rings (SSSR count). The van der Waals surface area contributed by atoms with E-state index in [9.17, 15) is 33.6 Å². The van der Waals surface area contributed by atoms with Crippen molar-refractivity contribution in [3.63, 3.8) is 0 Å². The highest BCUT2D eigenvalue weighted by molar-refractivity contribution is 7.88. The normalized spacial score (nSPS) is 46.9. The molecule has 0 aromatic carbocycles. The minimum atomic E-state index is -3.40. The Morgan fingerprint density at radius 1 is 0.614 bits per heavy atom. The molecule has 1 amide bonds. The standard InChI is InChI=1S/C47H82N2O7S/c1-34(51)48-38-16-27-44(28-17-38,36-9-5-4-6-10-36)45(29-18-39(19-30-45)49-57(3,55)56)47(22-8-7-11-41(47)53)46(31-20-40(52)21-32-46)43(25-12-35(33-50)13-26-43)37-14-23-42(2,54)24-15-37/h35-41,49-50,52-54H,4-33H2,1-3H3,(H,48,51). The second kappa shape index (κ2) is 17.2. The molecule has 0 spiro atoms. The first-order chi connectivity index (χ1) is 27.1. The lowest BCUT2D eigenvalue weighted by atomic mass is 9.26. The topological polar surface area (TPSA) is 156 Å². The molecule has 6 N–H and O–H groups in total. The highest BCUT2D eigenvalue weighted by atomic mass is 32.2. The number of nitrogens with one attached hydrogen (secondary N) is 2. The summed E-state index contributed by atoms with van der Waals surface area (Å²) in [4.78, 5) is 12.5. The third kappa shape index (κ3) is 7.95. The average Bonchev–Trinajstić information content (AvgIpc) is 3.19. The summed E-state index contributed by atoms with van der Waals surface area (Å²) in [6.45, 7) is 3.87. The molecule has 0 saturated heterocycles. The van der Waals surface area contributed by atoms with E-state index in [2.05, 4.69) is 10.0 Å². The van der Waals surface area contributed by atoms with E-state index in [4.69, 9.17) is 0 Å². The largest absolute Gasteiger partial charge is 0.396 e. The summed E-state index contributed by atoms with van der Waals surface area (Å²) in [7, 11) is -3.40. The maximum absolute atomic E-state index is 13.7. The van der Waals surface area contributed by atoms with Gasteiger partial charge in [-0.3, -0.25) is 4.79 Å². The highest BCUT2D eigenvalue weighted by Crippen LogP contribution is 2.82. The van der Waals surface area contributed by atoms with E-state index in [1.54, 1.807) is 6.92 Å². The summed E-state index contributed by atoms with van der Waals surface area (Å²) < 4.78 is 28.7. The van der Waals surface area contributed by atoms with Crippen molar-refractivity contribution in [1.82, 2.24) is 10.0 Å². The van der Waals surface area contributed by atoms with Crippen molar-refractivity contribution in [3.8, 4) is 0 Å². The first kappa shape index (κ1) is 44.3. The van der Waals surface area contributed by atoms with Gasteiger partial charge < -0.3 is 25.7 Å². The predicted octanol–water partition coefficient (Wildman–Crippen LogP) is 8.06. The Kier molecular flexibility index (Phi) is 13.3. The minimum absolute atomic E-state index is 0.0398. The van der Waals surface area contributed by atoms with Crippen LogP contribution in [-0.4, -0.2) is 77.5 Å². The van der Waals surface area contributed by atoms with Gasteiger partial charge >= 0.3 is 0 Å². The van der Waals surface area contributed by atoms with Gasteiger partial charge in [0.15, 0.2) is 0 Å². The van der Waals surface area contributed by atoms with Crippen LogP contribution in [0.15, 0.2) is 0 Å². The molecule has 2 atom stereocenters. The zero-order valence-corrected chi connectivity index (χ0v) is 37.0. The van der Waals surface area contributed by atoms with Crippen molar-refractivity contribution >= 4 is 15.9 Å². The van der Waals surface area contributed by atoms with E-state index in [0.29, 0.717) is 11.8 Å². The molecule has 57 heavy (non-hydrogen) atoms. The number of aliphatic hydroxyl groups excluding tert-OH is 3. The van der Waals surface area contributed by atoms with E-state index in [0.717, 1.165) is 154 Å². The lowest BCUT2D eigenvalue weighted by Crippen LogP contribution is -2.74. The predicted molar refractivity (Wildman–Crippen MR) is 226 cm³/mol. The second-order valence-electron chi connectivity index (χ2n) is 21.8. The van der Waals surface area contributed by atoms with Crippen molar-refractivity contribution < 1.29 is 33.6 Å². The van der Waals surface area contributed by atoms with Gasteiger partial charge in [0, 0.05) is 31.0 Å². The highest BCUT2D eigenvalue weighted by Gasteiger charge is 2.77. The van der Waals surface area contributed by atoms with Crippen LogP contribution in [0.4, 0.5) is 0 Å². The van der Waals surface area contributed by atoms with Gasteiger partial charge in [-0.25, -0.2) is 13.1 Å². The molecule has 328 valence electrons. The fourth-order valence-electron chi connectivity index (χ4n) is 17.1. The molecule has 7 aliphatic rings. The Balaban J connectivity index is 1.48. The summed E-state index contributed by atoms with van der Waals surface area (Å²) in [6, 6.07) is 0.0318. The molecule has 7 fully saturated rings. The van der Waals surface area contributed by atoms with Crippen molar-refractivity contribution in [1.29, 1.82) is 0 Å². The number of hydrogen-bond acceptors (Lipinski definition) is 7.